The van der Waals surface area contributed by atoms with Gasteiger partial charge in [-0.3, -0.25) is 14.6 Å². The highest BCUT2D eigenvalue weighted by atomic mass is 79.9. The smallest absolute Gasteiger partial charge is 0.408 e. The number of rotatable bonds is 9. The van der Waals surface area contributed by atoms with Crippen LogP contribution in [0.3, 0.4) is 0 Å². The fourth-order valence-corrected chi connectivity index (χ4v) is 4.00. The van der Waals surface area contributed by atoms with Gasteiger partial charge in [0.2, 0.25) is 11.7 Å². The molecule has 0 radical (unpaired) electrons. The SMILES string of the molecule is O=C(NC(Cc1ccccc1)C(=O)Nc1ccc(Br)cc1C(=O)c1ccccn1)OCc1ccccc1. The number of nitrogens with zero attached hydrogens (tertiary/aromatic N) is 1. The quantitative estimate of drug-likeness (QED) is 0.263. The number of benzene rings is 3. The zero-order chi connectivity index (χ0) is 26.0. The monoisotopic (exact) mass is 557 g/mol. The molecule has 3 aromatic carbocycles. The molecule has 4 aromatic rings. The van der Waals surface area contributed by atoms with Crippen molar-refractivity contribution < 1.29 is 19.1 Å². The number of anilines is 1. The molecule has 0 spiro atoms. The lowest BCUT2D eigenvalue weighted by molar-refractivity contribution is -0.118. The highest BCUT2D eigenvalue weighted by molar-refractivity contribution is 9.10. The third-order valence-corrected chi connectivity index (χ3v) is 5.98. The zero-order valence-electron chi connectivity index (χ0n) is 19.8. The predicted octanol–water partition coefficient (Wildman–Crippen LogP) is 5.55. The molecule has 0 aliphatic heterocycles. The van der Waals surface area contributed by atoms with Crippen molar-refractivity contribution in [2.45, 2.75) is 19.1 Å². The lowest BCUT2D eigenvalue weighted by Crippen LogP contribution is -2.45. The van der Waals surface area contributed by atoms with Crippen LogP contribution in [-0.2, 0) is 22.6 Å². The van der Waals surface area contributed by atoms with Gasteiger partial charge in [-0.25, -0.2) is 4.79 Å². The van der Waals surface area contributed by atoms with Crippen LogP contribution in [0.1, 0.15) is 27.2 Å². The van der Waals surface area contributed by atoms with Crippen LogP contribution in [0.25, 0.3) is 0 Å². The van der Waals surface area contributed by atoms with E-state index in [0.717, 1.165) is 11.1 Å². The van der Waals surface area contributed by atoms with Crippen LogP contribution < -0.4 is 10.6 Å². The number of nitrogens with one attached hydrogen (secondary N) is 2. The van der Waals surface area contributed by atoms with E-state index in [2.05, 4.69) is 31.5 Å². The molecule has 0 aliphatic carbocycles. The Balaban J connectivity index is 1.53. The van der Waals surface area contributed by atoms with Crippen LogP contribution in [0, 0.1) is 0 Å². The number of hydrogen-bond donors (Lipinski definition) is 2. The first-order valence-corrected chi connectivity index (χ1v) is 12.4. The van der Waals surface area contributed by atoms with Gasteiger partial charge in [0, 0.05) is 22.7 Å². The van der Waals surface area contributed by atoms with Crippen molar-refractivity contribution in [3.8, 4) is 0 Å². The minimum absolute atomic E-state index is 0.0712. The van der Waals surface area contributed by atoms with Crippen LogP contribution in [0.4, 0.5) is 10.5 Å². The number of carbonyl (C=O) groups is 3. The second-order valence-electron chi connectivity index (χ2n) is 8.17. The fourth-order valence-electron chi connectivity index (χ4n) is 3.63. The predicted molar refractivity (Wildman–Crippen MR) is 144 cm³/mol. The molecule has 0 fully saturated rings. The first kappa shape index (κ1) is 25.8. The molecular weight excluding hydrogens is 534 g/mol. The Morgan fingerprint density at radius 2 is 1.51 bits per heavy atom. The largest absolute Gasteiger partial charge is 0.445 e. The van der Waals surface area contributed by atoms with E-state index in [1.807, 2.05) is 60.7 Å². The van der Waals surface area contributed by atoms with Gasteiger partial charge in [0.25, 0.3) is 0 Å². The third-order valence-electron chi connectivity index (χ3n) is 5.49. The number of pyridine rings is 1. The number of alkyl carbamates (subject to hydrolysis) is 1. The van der Waals surface area contributed by atoms with E-state index >= 15 is 0 Å². The molecule has 0 saturated carbocycles. The Hall–Kier alpha value is -4.30. The molecule has 4 rings (SSSR count). The summed E-state index contributed by atoms with van der Waals surface area (Å²) in [7, 11) is 0. The number of ether oxygens (including phenoxy) is 1. The normalized spacial score (nSPS) is 11.3. The molecule has 186 valence electrons. The molecule has 1 aromatic heterocycles. The van der Waals surface area contributed by atoms with Crippen molar-refractivity contribution in [3.63, 3.8) is 0 Å². The van der Waals surface area contributed by atoms with Crippen LogP contribution >= 0.6 is 15.9 Å². The lowest BCUT2D eigenvalue weighted by atomic mass is 10.0. The van der Waals surface area contributed by atoms with Gasteiger partial charge in [-0.2, -0.15) is 0 Å². The van der Waals surface area contributed by atoms with Crippen molar-refractivity contribution in [1.82, 2.24) is 10.3 Å². The third kappa shape index (κ3) is 7.35. The van der Waals surface area contributed by atoms with Gasteiger partial charge in [0.05, 0.1) is 5.69 Å². The van der Waals surface area contributed by atoms with Crippen molar-refractivity contribution in [2.24, 2.45) is 0 Å². The summed E-state index contributed by atoms with van der Waals surface area (Å²) in [6.07, 6.45) is 1.04. The fraction of sp³-hybridized carbons (Fsp3) is 0.103. The van der Waals surface area contributed by atoms with Crippen molar-refractivity contribution >= 4 is 39.4 Å². The lowest BCUT2D eigenvalue weighted by Gasteiger charge is -2.20. The van der Waals surface area contributed by atoms with E-state index in [1.165, 1.54) is 6.20 Å². The van der Waals surface area contributed by atoms with Crippen LogP contribution in [0.15, 0.2) is 108 Å². The van der Waals surface area contributed by atoms with E-state index in [9.17, 15) is 14.4 Å². The van der Waals surface area contributed by atoms with Gasteiger partial charge in [-0.15, -0.1) is 0 Å². The molecule has 1 heterocycles. The number of ketones is 1. The standard InChI is InChI=1S/C29H24BrN3O4/c30-22-14-15-24(23(18-22)27(34)25-13-7-8-16-31-25)32-28(35)26(17-20-9-3-1-4-10-20)33-29(36)37-19-21-11-5-2-6-12-21/h1-16,18,26H,17,19H2,(H,32,35)(H,33,36). The molecule has 37 heavy (non-hydrogen) atoms. The summed E-state index contributed by atoms with van der Waals surface area (Å²) in [5.74, 6) is -0.829. The summed E-state index contributed by atoms with van der Waals surface area (Å²) < 4.78 is 6.01. The van der Waals surface area contributed by atoms with Crippen molar-refractivity contribution in [3.05, 3.63) is 130 Å². The molecule has 0 aliphatic rings. The maximum atomic E-state index is 13.4. The van der Waals surface area contributed by atoms with Gasteiger partial charge < -0.3 is 15.4 Å². The van der Waals surface area contributed by atoms with E-state index in [0.29, 0.717) is 10.2 Å². The maximum Gasteiger partial charge on any atom is 0.408 e. The van der Waals surface area contributed by atoms with Crippen molar-refractivity contribution in [2.75, 3.05) is 5.32 Å². The van der Waals surface area contributed by atoms with E-state index < -0.39 is 18.0 Å². The number of carbonyl (C=O) groups excluding carboxylic acids is 3. The Kier molecular flexibility index (Phi) is 8.78. The topological polar surface area (TPSA) is 97.4 Å². The van der Waals surface area contributed by atoms with Crippen LogP contribution in [0.5, 0.6) is 0 Å². The van der Waals surface area contributed by atoms with Gasteiger partial charge >= 0.3 is 6.09 Å². The Bertz CT molecular complexity index is 1370. The Morgan fingerprint density at radius 3 is 2.19 bits per heavy atom. The molecule has 1 unspecified atom stereocenters. The molecule has 0 saturated heterocycles. The summed E-state index contributed by atoms with van der Waals surface area (Å²) >= 11 is 3.39. The Morgan fingerprint density at radius 1 is 0.838 bits per heavy atom. The van der Waals surface area contributed by atoms with E-state index in [1.54, 1.807) is 36.4 Å². The zero-order valence-corrected chi connectivity index (χ0v) is 21.4. The number of amides is 2. The van der Waals surface area contributed by atoms with Gasteiger partial charge in [-0.1, -0.05) is 82.7 Å². The average molecular weight is 558 g/mol. The molecular formula is C29H24BrN3O4. The van der Waals surface area contributed by atoms with Crippen molar-refractivity contribution in [1.29, 1.82) is 0 Å². The first-order chi connectivity index (χ1) is 18.0. The van der Waals surface area contributed by atoms with Gasteiger partial charge in [0.15, 0.2) is 0 Å². The summed E-state index contributed by atoms with van der Waals surface area (Å²) in [5, 5.41) is 5.48. The second kappa shape index (κ2) is 12.6. The highest BCUT2D eigenvalue weighted by Gasteiger charge is 2.24. The minimum Gasteiger partial charge on any atom is -0.445 e. The molecule has 2 amide bonds. The minimum atomic E-state index is -0.952. The number of hydrogen-bond acceptors (Lipinski definition) is 5. The summed E-state index contributed by atoms with van der Waals surface area (Å²) in [6.45, 7) is 0.0712. The molecule has 1 atom stereocenters. The van der Waals surface area contributed by atoms with Crippen LogP contribution in [-0.4, -0.2) is 28.8 Å². The highest BCUT2D eigenvalue weighted by Crippen LogP contribution is 2.24. The molecule has 7 nitrogen and oxygen atoms in total. The average Bonchev–Trinajstić information content (AvgIpc) is 2.93. The summed E-state index contributed by atoms with van der Waals surface area (Å²) in [5.41, 5.74) is 2.51. The second-order valence-corrected chi connectivity index (χ2v) is 9.09. The van der Waals surface area contributed by atoms with E-state index in [4.69, 9.17) is 4.74 Å². The summed E-state index contributed by atoms with van der Waals surface area (Å²) in [4.78, 5) is 43.3. The summed E-state index contributed by atoms with van der Waals surface area (Å²) in [6, 6.07) is 27.7. The van der Waals surface area contributed by atoms with E-state index in [-0.39, 0.29) is 30.1 Å². The first-order valence-electron chi connectivity index (χ1n) is 11.6. The number of aromatic nitrogens is 1. The van der Waals surface area contributed by atoms with Crippen LogP contribution in [0.2, 0.25) is 0 Å². The van der Waals surface area contributed by atoms with Gasteiger partial charge in [0.1, 0.15) is 18.3 Å². The maximum absolute atomic E-state index is 13.4. The van der Waals surface area contributed by atoms with Gasteiger partial charge in [-0.05, 0) is 41.5 Å². The number of halogens is 1. The Labute approximate surface area is 223 Å². The molecule has 8 heteroatoms. The molecule has 0 bridgehead atoms. The molecule has 2 N–H and O–H groups in total.